The van der Waals surface area contributed by atoms with Crippen LogP contribution in [-0.2, 0) is 16.1 Å². The van der Waals surface area contributed by atoms with Crippen LogP contribution in [0.25, 0.3) is 0 Å². The minimum absolute atomic E-state index is 0.145. The van der Waals surface area contributed by atoms with E-state index in [-0.39, 0.29) is 25.0 Å². The summed E-state index contributed by atoms with van der Waals surface area (Å²) in [7, 11) is 0. The van der Waals surface area contributed by atoms with E-state index in [0.29, 0.717) is 17.3 Å². The molecule has 0 saturated heterocycles. The maximum Gasteiger partial charge on any atom is 0.261 e. The quantitative estimate of drug-likeness (QED) is 0.728. The maximum atomic E-state index is 12.9. The van der Waals surface area contributed by atoms with Crippen LogP contribution in [-0.4, -0.2) is 35.9 Å². The van der Waals surface area contributed by atoms with Crippen molar-refractivity contribution in [3.63, 3.8) is 0 Å². The predicted molar refractivity (Wildman–Crippen MR) is 112 cm³/mol. The Labute approximate surface area is 171 Å². The number of halogens is 1. The second-order valence-corrected chi connectivity index (χ2v) is 7.22. The molecule has 0 radical (unpaired) electrons. The average molecular weight is 403 g/mol. The largest absolute Gasteiger partial charge is 0.483 e. The Hall–Kier alpha value is -2.53. The first-order chi connectivity index (χ1) is 13.3. The molecule has 0 unspecified atom stereocenters. The van der Waals surface area contributed by atoms with Crippen LogP contribution in [0.1, 0.15) is 30.5 Å². The Morgan fingerprint density at radius 1 is 1.18 bits per heavy atom. The topological polar surface area (TPSA) is 58.6 Å². The SMILES string of the molecule is CCNC(=O)[C@@H](C)N(Cc1cccc(Cl)c1)C(=O)COc1ccc(C)cc1C. The number of rotatable bonds is 8. The minimum Gasteiger partial charge on any atom is -0.483 e. The van der Waals surface area contributed by atoms with Gasteiger partial charge in [0.25, 0.3) is 5.91 Å². The van der Waals surface area contributed by atoms with Crippen LogP contribution in [0.3, 0.4) is 0 Å². The second kappa shape index (κ2) is 10.1. The highest BCUT2D eigenvalue weighted by Gasteiger charge is 2.26. The van der Waals surface area contributed by atoms with Gasteiger partial charge in [0.2, 0.25) is 5.91 Å². The number of likely N-dealkylation sites (N-methyl/N-ethyl adjacent to an activating group) is 1. The van der Waals surface area contributed by atoms with Crippen molar-refractivity contribution in [2.24, 2.45) is 0 Å². The molecular weight excluding hydrogens is 376 g/mol. The van der Waals surface area contributed by atoms with Gasteiger partial charge in [0.05, 0.1) is 0 Å². The van der Waals surface area contributed by atoms with Crippen molar-refractivity contribution < 1.29 is 14.3 Å². The Bertz CT molecular complexity index is 838. The van der Waals surface area contributed by atoms with Crippen LogP contribution < -0.4 is 10.1 Å². The van der Waals surface area contributed by atoms with Crippen LogP contribution in [0.15, 0.2) is 42.5 Å². The van der Waals surface area contributed by atoms with Crippen LogP contribution in [0.2, 0.25) is 5.02 Å². The van der Waals surface area contributed by atoms with Gasteiger partial charge in [0, 0.05) is 18.1 Å². The zero-order valence-corrected chi connectivity index (χ0v) is 17.5. The van der Waals surface area contributed by atoms with Crippen molar-refractivity contribution in [1.29, 1.82) is 0 Å². The number of carbonyl (C=O) groups is 2. The van der Waals surface area contributed by atoms with Crippen molar-refractivity contribution in [3.8, 4) is 5.75 Å². The predicted octanol–water partition coefficient (Wildman–Crippen LogP) is 3.89. The number of hydrogen-bond acceptors (Lipinski definition) is 3. The smallest absolute Gasteiger partial charge is 0.261 e. The van der Waals surface area contributed by atoms with Crippen molar-refractivity contribution in [2.45, 2.75) is 40.3 Å². The third-order valence-electron chi connectivity index (χ3n) is 4.44. The molecule has 0 aliphatic rings. The van der Waals surface area contributed by atoms with Gasteiger partial charge in [-0.15, -0.1) is 0 Å². The highest BCUT2D eigenvalue weighted by atomic mass is 35.5. The fourth-order valence-corrected chi connectivity index (χ4v) is 3.13. The van der Waals surface area contributed by atoms with E-state index in [2.05, 4.69) is 5.32 Å². The van der Waals surface area contributed by atoms with Crippen LogP contribution >= 0.6 is 11.6 Å². The summed E-state index contributed by atoms with van der Waals surface area (Å²) in [5.74, 6) is 0.190. The molecule has 6 heteroatoms. The molecule has 0 spiro atoms. The monoisotopic (exact) mass is 402 g/mol. The van der Waals surface area contributed by atoms with Gasteiger partial charge >= 0.3 is 0 Å². The molecule has 28 heavy (non-hydrogen) atoms. The first-order valence-corrected chi connectivity index (χ1v) is 9.71. The first kappa shape index (κ1) is 21.8. The maximum absolute atomic E-state index is 12.9. The van der Waals surface area contributed by atoms with Gasteiger partial charge < -0.3 is 15.0 Å². The van der Waals surface area contributed by atoms with Crippen molar-refractivity contribution >= 4 is 23.4 Å². The third-order valence-corrected chi connectivity index (χ3v) is 4.68. The second-order valence-electron chi connectivity index (χ2n) is 6.78. The molecule has 2 aromatic rings. The lowest BCUT2D eigenvalue weighted by molar-refractivity contribution is -0.142. The minimum atomic E-state index is -0.630. The molecule has 150 valence electrons. The van der Waals surface area contributed by atoms with Crippen LogP contribution in [0.4, 0.5) is 0 Å². The van der Waals surface area contributed by atoms with Gasteiger partial charge in [-0.05, 0) is 57.0 Å². The summed E-state index contributed by atoms with van der Waals surface area (Å²) in [6.07, 6.45) is 0. The zero-order valence-electron chi connectivity index (χ0n) is 16.8. The molecule has 0 aromatic heterocycles. The van der Waals surface area contributed by atoms with Crippen molar-refractivity contribution in [2.75, 3.05) is 13.2 Å². The van der Waals surface area contributed by atoms with E-state index in [4.69, 9.17) is 16.3 Å². The third kappa shape index (κ3) is 5.99. The van der Waals surface area contributed by atoms with Crippen LogP contribution in [0, 0.1) is 13.8 Å². The lowest BCUT2D eigenvalue weighted by Crippen LogP contribution is -2.49. The van der Waals surface area contributed by atoms with E-state index in [9.17, 15) is 9.59 Å². The summed E-state index contributed by atoms with van der Waals surface area (Å²) in [5.41, 5.74) is 2.94. The number of nitrogens with zero attached hydrogens (tertiary/aromatic N) is 1. The molecule has 1 N–H and O–H groups in total. The first-order valence-electron chi connectivity index (χ1n) is 9.33. The fourth-order valence-electron chi connectivity index (χ4n) is 2.92. The number of aryl methyl sites for hydroxylation is 2. The highest BCUT2D eigenvalue weighted by molar-refractivity contribution is 6.30. The van der Waals surface area contributed by atoms with E-state index in [1.807, 2.05) is 51.1 Å². The number of ether oxygens (including phenoxy) is 1. The zero-order chi connectivity index (χ0) is 20.7. The van der Waals surface area contributed by atoms with E-state index in [1.165, 1.54) is 4.90 Å². The lowest BCUT2D eigenvalue weighted by atomic mass is 10.1. The molecule has 0 fully saturated rings. The van der Waals surface area contributed by atoms with Gasteiger partial charge in [-0.1, -0.05) is 41.4 Å². The number of amides is 2. The molecule has 0 heterocycles. The highest BCUT2D eigenvalue weighted by Crippen LogP contribution is 2.19. The van der Waals surface area contributed by atoms with Crippen molar-refractivity contribution in [1.82, 2.24) is 10.2 Å². The van der Waals surface area contributed by atoms with Crippen molar-refractivity contribution in [3.05, 3.63) is 64.2 Å². The normalized spacial score (nSPS) is 11.6. The molecule has 0 bridgehead atoms. The van der Waals surface area contributed by atoms with Gasteiger partial charge in [-0.3, -0.25) is 9.59 Å². The standard InChI is InChI=1S/C22H27ClN2O3/c1-5-24-22(27)17(4)25(13-18-7-6-8-19(23)12-18)21(26)14-28-20-10-9-15(2)11-16(20)3/h6-12,17H,5,13-14H2,1-4H3,(H,24,27)/t17-/m1/s1. The summed E-state index contributed by atoms with van der Waals surface area (Å²) in [6.45, 7) is 8.13. The van der Waals surface area contributed by atoms with E-state index < -0.39 is 6.04 Å². The summed E-state index contributed by atoms with van der Waals surface area (Å²) in [4.78, 5) is 26.8. The molecule has 5 nitrogen and oxygen atoms in total. The number of benzene rings is 2. The lowest BCUT2D eigenvalue weighted by Gasteiger charge is -2.28. The Balaban J connectivity index is 2.16. The summed E-state index contributed by atoms with van der Waals surface area (Å²) in [5, 5.41) is 3.35. The average Bonchev–Trinajstić information content (AvgIpc) is 2.65. The molecular formula is C22H27ClN2O3. The van der Waals surface area contributed by atoms with E-state index in [0.717, 1.165) is 16.7 Å². The molecule has 0 aliphatic heterocycles. The number of hydrogen-bond donors (Lipinski definition) is 1. The Morgan fingerprint density at radius 2 is 1.93 bits per heavy atom. The van der Waals surface area contributed by atoms with E-state index >= 15 is 0 Å². The fraction of sp³-hybridized carbons (Fsp3) is 0.364. The summed E-state index contributed by atoms with van der Waals surface area (Å²) < 4.78 is 5.74. The molecule has 2 amide bonds. The van der Waals surface area contributed by atoms with Gasteiger partial charge in [-0.25, -0.2) is 0 Å². The van der Waals surface area contributed by atoms with Gasteiger partial charge in [0.15, 0.2) is 6.61 Å². The summed E-state index contributed by atoms with van der Waals surface area (Å²) in [6, 6.07) is 12.4. The van der Waals surface area contributed by atoms with Gasteiger partial charge in [-0.2, -0.15) is 0 Å². The molecule has 2 aromatic carbocycles. The number of carbonyl (C=O) groups excluding carboxylic acids is 2. The molecule has 1 atom stereocenters. The van der Waals surface area contributed by atoms with E-state index in [1.54, 1.807) is 19.1 Å². The molecule has 2 rings (SSSR count). The number of nitrogens with one attached hydrogen (secondary N) is 1. The Morgan fingerprint density at radius 3 is 2.57 bits per heavy atom. The Kier molecular flexibility index (Phi) is 7.88. The van der Waals surface area contributed by atoms with Crippen LogP contribution in [0.5, 0.6) is 5.75 Å². The molecule has 0 saturated carbocycles. The van der Waals surface area contributed by atoms with Gasteiger partial charge in [0.1, 0.15) is 11.8 Å². The molecule has 0 aliphatic carbocycles. The summed E-state index contributed by atoms with van der Waals surface area (Å²) >= 11 is 6.06.